The molecule has 0 radical (unpaired) electrons. The number of anilines is 1. The van der Waals surface area contributed by atoms with Crippen LogP contribution in [-0.2, 0) is 4.79 Å². The number of primary amides is 1. The van der Waals surface area contributed by atoms with Gasteiger partial charge in [0.25, 0.3) is 0 Å². The summed E-state index contributed by atoms with van der Waals surface area (Å²) in [6, 6.07) is 1.44. The number of carbonyl (C=O) groups excluding carboxylic acids is 1. The molecule has 1 aromatic rings. The molecule has 2 rings (SSSR count). The van der Waals surface area contributed by atoms with Crippen LogP contribution in [0.3, 0.4) is 0 Å². The van der Waals surface area contributed by atoms with Crippen molar-refractivity contribution in [2.24, 2.45) is 5.73 Å². The summed E-state index contributed by atoms with van der Waals surface area (Å²) in [4.78, 5) is 20.9. The Bertz CT molecular complexity index is 328. The van der Waals surface area contributed by atoms with E-state index < -0.39 is 0 Å². The van der Waals surface area contributed by atoms with Gasteiger partial charge in [-0.05, 0) is 6.07 Å². The van der Waals surface area contributed by atoms with E-state index in [1.165, 1.54) is 0 Å². The zero-order valence-electron chi connectivity index (χ0n) is 7.55. The predicted octanol–water partition coefficient (Wildman–Crippen LogP) is -1.30. The molecule has 14 heavy (non-hydrogen) atoms. The van der Waals surface area contributed by atoms with Crippen LogP contribution < -0.4 is 16.0 Å². The van der Waals surface area contributed by atoms with E-state index in [4.69, 9.17) is 5.73 Å². The topological polar surface area (TPSA) is 84.1 Å². The summed E-state index contributed by atoms with van der Waals surface area (Å²) in [5.41, 5.74) is 5.17. The maximum Gasteiger partial charge on any atom is 0.236 e. The van der Waals surface area contributed by atoms with Crippen LogP contribution in [0.1, 0.15) is 0 Å². The summed E-state index contributed by atoms with van der Waals surface area (Å²) in [7, 11) is 0. The molecule has 1 aromatic heterocycles. The summed E-state index contributed by atoms with van der Waals surface area (Å²) < 4.78 is 0. The molecule has 0 aliphatic carbocycles. The van der Waals surface area contributed by atoms with Crippen LogP contribution in [0.4, 0.5) is 5.95 Å². The van der Waals surface area contributed by atoms with Crippen molar-refractivity contribution in [2.75, 3.05) is 18.1 Å². The zero-order valence-corrected chi connectivity index (χ0v) is 7.55. The largest absolute Gasteiger partial charge is 0.368 e. The van der Waals surface area contributed by atoms with Crippen LogP contribution in [0.2, 0.25) is 0 Å². The van der Waals surface area contributed by atoms with E-state index in [1.54, 1.807) is 18.5 Å². The summed E-state index contributed by atoms with van der Waals surface area (Å²) in [6.45, 7) is 1.08. The first-order valence-corrected chi connectivity index (χ1v) is 4.32. The lowest BCUT2D eigenvalue weighted by Gasteiger charge is -2.13. The van der Waals surface area contributed by atoms with Crippen molar-refractivity contribution in [2.45, 2.75) is 6.04 Å². The molecule has 1 amide bonds. The van der Waals surface area contributed by atoms with Crippen LogP contribution in [-0.4, -0.2) is 35.1 Å². The fourth-order valence-corrected chi connectivity index (χ4v) is 1.37. The Morgan fingerprint density at radius 2 is 2.29 bits per heavy atom. The highest BCUT2D eigenvalue weighted by atomic mass is 16.1. The van der Waals surface area contributed by atoms with E-state index >= 15 is 0 Å². The second-order valence-corrected chi connectivity index (χ2v) is 3.09. The SMILES string of the molecule is NC(=O)C1CN(c2ncccn2)CN1. The number of rotatable bonds is 2. The fraction of sp³-hybridized carbons (Fsp3) is 0.375. The third kappa shape index (κ3) is 1.64. The van der Waals surface area contributed by atoms with E-state index in [0.29, 0.717) is 19.2 Å². The Morgan fingerprint density at radius 1 is 1.57 bits per heavy atom. The van der Waals surface area contributed by atoms with Crippen LogP contribution in [0.25, 0.3) is 0 Å². The normalized spacial score (nSPS) is 21.1. The lowest BCUT2D eigenvalue weighted by atomic mass is 10.3. The molecule has 1 fully saturated rings. The number of nitrogens with two attached hydrogens (primary N) is 1. The molecule has 1 unspecified atom stereocenters. The highest BCUT2D eigenvalue weighted by Crippen LogP contribution is 2.09. The Labute approximate surface area is 81.1 Å². The van der Waals surface area contributed by atoms with Gasteiger partial charge in [0.2, 0.25) is 11.9 Å². The van der Waals surface area contributed by atoms with Gasteiger partial charge in [0.15, 0.2) is 0 Å². The molecule has 1 aliphatic rings. The maximum absolute atomic E-state index is 10.9. The summed E-state index contributed by atoms with van der Waals surface area (Å²) in [6.07, 6.45) is 3.33. The minimum Gasteiger partial charge on any atom is -0.368 e. The summed E-state index contributed by atoms with van der Waals surface area (Å²) in [5.74, 6) is 0.271. The monoisotopic (exact) mass is 193 g/mol. The smallest absolute Gasteiger partial charge is 0.236 e. The number of hydrogen-bond donors (Lipinski definition) is 2. The molecule has 6 heteroatoms. The zero-order chi connectivity index (χ0) is 9.97. The number of amides is 1. The van der Waals surface area contributed by atoms with Gasteiger partial charge in [-0.25, -0.2) is 9.97 Å². The molecule has 3 N–H and O–H groups in total. The average molecular weight is 193 g/mol. The van der Waals surface area contributed by atoms with Crippen molar-refractivity contribution < 1.29 is 4.79 Å². The Morgan fingerprint density at radius 3 is 2.86 bits per heavy atom. The molecule has 6 nitrogen and oxygen atoms in total. The molecular weight excluding hydrogens is 182 g/mol. The van der Waals surface area contributed by atoms with Gasteiger partial charge in [-0.15, -0.1) is 0 Å². The van der Waals surface area contributed by atoms with Crippen LogP contribution in [0.5, 0.6) is 0 Å². The van der Waals surface area contributed by atoms with Crippen LogP contribution >= 0.6 is 0 Å². The molecule has 0 aromatic carbocycles. The van der Waals surface area contributed by atoms with E-state index in [1.807, 2.05) is 4.90 Å². The van der Waals surface area contributed by atoms with Crippen LogP contribution in [0.15, 0.2) is 18.5 Å². The first-order chi connectivity index (χ1) is 6.77. The van der Waals surface area contributed by atoms with Crippen molar-refractivity contribution in [1.82, 2.24) is 15.3 Å². The quantitative estimate of drug-likeness (QED) is 0.609. The molecule has 0 bridgehead atoms. The van der Waals surface area contributed by atoms with Gasteiger partial charge in [-0.3, -0.25) is 10.1 Å². The van der Waals surface area contributed by atoms with Gasteiger partial charge in [0, 0.05) is 18.9 Å². The Hall–Kier alpha value is -1.69. The van der Waals surface area contributed by atoms with Gasteiger partial charge in [-0.1, -0.05) is 0 Å². The Balaban J connectivity index is 2.06. The average Bonchev–Trinajstić information content (AvgIpc) is 2.68. The lowest BCUT2D eigenvalue weighted by Crippen LogP contribution is -2.38. The predicted molar refractivity (Wildman–Crippen MR) is 50.4 cm³/mol. The standard InChI is InChI=1S/C8H11N5O/c9-7(14)6-4-13(5-12-6)8-10-2-1-3-11-8/h1-3,6,12H,4-5H2,(H2,9,14). The molecule has 1 saturated heterocycles. The fourth-order valence-electron chi connectivity index (χ4n) is 1.37. The number of aromatic nitrogens is 2. The van der Waals surface area contributed by atoms with Gasteiger partial charge in [0.1, 0.15) is 6.04 Å². The number of nitrogens with one attached hydrogen (secondary N) is 1. The number of carbonyl (C=O) groups is 1. The molecule has 74 valence electrons. The maximum atomic E-state index is 10.9. The highest BCUT2D eigenvalue weighted by molar-refractivity contribution is 5.81. The van der Waals surface area contributed by atoms with Gasteiger partial charge in [0.05, 0.1) is 6.67 Å². The molecule has 1 atom stereocenters. The van der Waals surface area contributed by atoms with Gasteiger partial charge in [-0.2, -0.15) is 0 Å². The molecule has 1 aliphatic heterocycles. The number of hydrogen-bond acceptors (Lipinski definition) is 5. The van der Waals surface area contributed by atoms with E-state index in [-0.39, 0.29) is 11.9 Å². The minimum absolute atomic E-state index is 0.307. The number of nitrogens with zero attached hydrogens (tertiary/aromatic N) is 3. The first kappa shape index (κ1) is 8.89. The van der Waals surface area contributed by atoms with Crippen molar-refractivity contribution >= 4 is 11.9 Å². The first-order valence-electron chi connectivity index (χ1n) is 4.32. The minimum atomic E-state index is -0.344. The summed E-state index contributed by atoms with van der Waals surface area (Å²) in [5, 5.41) is 2.98. The second-order valence-electron chi connectivity index (χ2n) is 3.09. The van der Waals surface area contributed by atoms with E-state index in [9.17, 15) is 4.79 Å². The highest BCUT2D eigenvalue weighted by Gasteiger charge is 2.26. The van der Waals surface area contributed by atoms with E-state index in [2.05, 4.69) is 15.3 Å². The van der Waals surface area contributed by atoms with Crippen molar-refractivity contribution in [1.29, 1.82) is 0 Å². The van der Waals surface area contributed by atoms with Crippen LogP contribution in [0, 0.1) is 0 Å². The second kappa shape index (κ2) is 3.59. The third-order valence-electron chi connectivity index (χ3n) is 2.11. The Kier molecular flexibility index (Phi) is 2.28. The van der Waals surface area contributed by atoms with Crippen molar-refractivity contribution in [3.63, 3.8) is 0 Å². The van der Waals surface area contributed by atoms with Crippen molar-refractivity contribution in [3.05, 3.63) is 18.5 Å². The van der Waals surface area contributed by atoms with Gasteiger partial charge >= 0.3 is 0 Å². The lowest BCUT2D eigenvalue weighted by molar-refractivity contribution is -0.119. The summed E-state index contributed by atoms with van der Waals surface area (Å²) >= 11 is 0. The molecular formula is C8H11N5O. The van der Waals surface area contributed by atoms with E-state index in [0.717, 1.165) is 0 Å². The van der Waals surface area contributed by atoms with Crippen molar-refractivity contribution in [3.8, 4) is 0 Å². The molecule has 0 spiro atoms. The van der Waals surface area contributed by atoms with Gasteiger partial charge < -0.3 is 10.6 Å². The molecule has 2 heterocycles. The third-order valence-corrected chi connectivity index (χ3v) is 2.11. The molecule has 0 saturated carbocycles.